The second kappa shape index (κ2) is 8.19. The van der Waals surface area contributed by atoms with E-state index in [9.17, 15) is 15.3 Å². The van der Waals surface area contributed by atoms with Gasteiger partial charge in [0.05, 0.1) is 18.3 Å². The number of aliphatic hydroxyl groups is 3. The van der Waals surface area contributed by atoms with Gasteiger partial charge in [-0.2, -0.15) is 0 Å². The zero-order chi connectivity index (χ0) is 21.8. The molecule has 4 rings (SSSR count). The van der Waals surface area contributed by atoms with Crippen LogP contribution in [0.15, 0.2) is 11.6 Å². The fourth-order valence-corrected chi connectivity index (χ4v) is 8.76. The van der Waals surface area contributed by atoms with Gasteiger partial charge in [-0.15, -0.1) is 0 Å². The first-order valence-electron chi connectivity index (χ1n) is 12.8. The van der Waals surface area contributed by atoms with Crippen molar-refractivity contribution in [1.29, 1.82) is 0 Å². The highest BCUT2D eigenvalue weighted by molar-refractivity contribution is 5.30. The molecule has 10 atom stereocenters. The summed E-state index contributed by atoms with van der Waals surface area (Å²) in [5.74, 6) is 3.14. The minimum Gasteiger partial charge on any atom is -0.393 e. The minimum atomic E-state index is -0.279. The van der Waals surface area contributed by atoms with Crippen LogP contribution in [-0.2, 0) is 0 Å². The van der Waals surface area contributed by atoms with Gasteiger partial charge in [0.2, 0.25) is 0 Å². The summed E-state index contributed by atoms with van der Waals surface area (Å²) in [5.41, 5.74) is 1.99. The van der Waals surface area contributed by atoms with Crippen molar-refractivity contribution in [2.45, 2.75) is 111 Å². The topological polar surface area (TPSA) is 60.7 Å². The molecule has 0 aromatic rings. The molecule has 0 aromatic carbocycles. The van der Waals surface area contributed by atoms with Crippen molar-refractivity contribution in [3.8, 4) is 0 Å². The zero-order valence-corrected chi connectivity index (χ0v) is 20.0. The molecule has 0 spiro atoms. The van der Waals surface area contributed by atoms with Gasteiger partial charge < -0.3 is 15.3 Å². The van der Waals surface area contributed by atoms with Crippen LogP contribution in [0.2, 0.25) is 0 Å². The lowest BCUT2D eigenvalue weighted by molar-refractivity contribution is -0.0831. The van der Waals surface area contributed by atoms with Crippen LogP contribution in [0.4, 0.5) is 0 Å². The molecule has 0 heterocycles. The maximum absolute atomic E-state index is 11.1. The SMILES string of the molecule is CC(C)CC(O)CC(C)C1CCC2C3CC(O)C4CC(O)CCC4(C)C3=CCC12C. The molecular weight excluding hydrogens is 372 g/mol. The predicted octanol–water partition coefficient (Wildman–Crippen LogP) is 5.33. The number of rotatable bonds is 5. The highest BCUT2D eigenvalue weighted by Crippen LogP contribution is 2.66. The number of aliphatic hydroxyl groups excluding tert-OH is 3. The molecule has 0 aromatic heterocycles. The monoisotopic (exact) mass is 418 g/mol. The fourth-order valence-electron chi connectivity index (χ4n) is 8.76. The van der Waals surface area contributed by atoms with Crippen LogP contribution >= 0.6 is 0 Å². The van der Waals surface area contributed by atoms with Gasteiger partial charge in [-0.05, 0) is 104 Å². The molecule has 4 aliphatic rings. The third kappa shape index (κ3) is 3.71. The van der Waals surface area contributed by atoms with E-state index in [1.54, 1.807) is 5.57 Å². The number of allylic oxidation sites excluding steroid dienone is 2. The van der Waals surface area contributed by atoms with Crippen LogP contribution in [-0.4, -0.2) is 33.6 Å². The van der Waals surface area contributed by atoms with Gasteiger partial charge in [0, 0.05) is 0 Å². The van der Waals surface area contributed by atoms with Gasteiger partial charge in [-0.3, -0.25) is 0 Å². The Hall–Kier alpha value is -0.380. The first kappa shape index (κ1) is 22.8. The van der Waals surface area contributed by atoms with Crippen molar-refractivity contribution in [2.24, 2.45) is 46.3 Å². The lowest BCUT2D eigenvalue weighted by Crippen LogP contribution is -2.53. The van der Waals surface area contributed by atoms with Gasteiger partial charge in [0.25, 0.3) is 0 Å². The van der Waals surface area contributed by atoms with Crippen molar-refractivity contribution < 1.29 is 15.3 Å². The Morgan fingerprint density at radius 2 is 1.73 bits per heavy atom. The average molecular weight is 419 g/mol. The van der Waals surface area contributed by atoms with Crippen LogP contribution in [0.1, 0.15) is 92.4 Å². The van der Waals surface area contributed by atoms with E-state index < -0.39 is 0 Å². The first-order chi connectivity index (χ1) is 14.1. The molecule has 172 valence electrons. The molecule has 0 aliphatic heterocycles. The molecule has 0 saturated heterocycles. The average Bonchev–Trinajstić information content (AvgIpc) is 3.00. The zero-order valence-electron chi connectivity index (χ0n) is 20.0. The van der Waals surface area contributed by atoms with E-state index in [1.807, 2.05) is 0 Å². The standard InChI is InChI=1S/C27H46O3/c1-16(2)12-19(29)13-17(3)21-6-7-22-20-15-25(30)24-14-18(28)8-10-27(24,5)23(20)9-11-26(21,22)4/h9,16-22,24-25,28-30H,6-8,10-15H2,1-5H3. The Kier molecular flexibility index (Phi) is 6.23. The molecule has 10 unspecified atom stereocenters. The Morgan fingerprint density at radius 1 is 1.00 bits per heavy atom. The lowest BCUT2D eigenvalue weighted by Gasteiger charge is -2.58. The fraction of sp³-hybridized carbons (Fsp3) is 0.926. The Labute approximate surface area is 184 Å². The van der Waals surface area contributed by atoms with Crippen LogP contribution in [0.3, 0.4) is 0 Å². The molecule has 3 fully saturated rings. The van der Waals surface area contributed by atoms with Crippen molar-refractivity contribution >= 4 is 0 Å². The van der Waals surface area contributed by atoms with Crippen LogP contribution in [0.5, 0.6) is 0 Å². The van der Waals surface area contributed by atoms with Gasteiger partial charge in [-0.25, -0.2) is 0 Å². The summed E-state index contributed by atoms with van der Waals surface area (Å²) in [6.45, 7) is 11.7. The second-order valence-corrected chi connectivity index (χ2v) is 12.5. The first-order valence-corrected chi connectivity index (χ1v) is 12.8. The lowest BCUT2D eigenvalue weighted by atomic mass is 9.47. The molecule has 0 amide bonds. The van der Waals surface area contributed by atoms with Gasteiger partial charge in [0.1, 0.15) is 0 Å². The molecular formula is C27H46O3. The van der Waals surface area contributed by atoms with Gasteiger partial charge >= 0.3 is 0 Å². The molecule has 30 heavy (non-hydrogen) atoms. The summed E-state index contributed by atoms with van der Waals surface area (Å²) in [6.07, 6.45) is 10.9. The molecule has 0 radical (unpaired) electrons. The largest absolute Gasteiger partial charge is 0.393 e. The highest BCUT2D eigenvalue weighted by Gasteiger charge is 2.59. The summed E-state index contributed by atoms with van der Waals surface area (Å²) >= 11 is 0. The molecule has 4 aliphatic carbocycles. The molecule has 3 N–H and O–H groups in total. The Bertz CT molecular complexity index is 656. The van der Waals surface area contributed by atoms with E-state index in [2.05, 4.69) is 40.7 Å². The maximum Gasteiger partial charge on any atom is 0.0583 e. The molecule has 0 bridgehead atoms. The van der Waals surface area contributed by atoms with E-state index in [0.29, 0.717) is 35.0 Å². The van der Waals surface area contributed by atoms with Gasteiger partial charge in [0.15, 0.2) is 0 Å². The molecule has 3 saturated carbocycles. The number of hydrogen-bond donors (Lipinski definition) is 3. The van der Waals surface area contributed by atoms with Crippen molar-refractivity contribution in [1.82, 2.24) is 0 Å². The summed E-state index contributed by atoms with van der Waals surface area (Å²) in [6, 6.07) is 0. The van der Waals surface area contributed by atoms with Gasteiger partial charge in [-0.1, -0.05) is 46.3 Å². The van der Waals surface area contributed by atoms with E-state index in [1.165, 1.54) is 12.8 Å². The van der Waals surface area contributed by atoms with Crippen LogP contribution in [0, 0.1) is 46.3 Å². The Balaban J connectivity index is 1.55. The van der Waals surface area contributed by atoms with Crippen molar-refractivity contribution in [3.05, 3.63) is 11.6 Å². The normalized spacial score (nSPS) is 47.8. The third-order valence-corrected chi connectivity index (χ3v) is 10.2. The number of fused-ring (bicyclic) bond motifs is 5. The van der Waals surface area contributed by atoms with Crippen LogP contribution in [0.25, 0.3) is 0 Å². The van der Waals surface area contributed by atoms with E-state index in [-0.39, 0.29) is 29.6 Å². The number of hydrogen-bond acceptors (Lipinski definition) is 3. The highest BCUT2D eigenvalue weighted by atomic mass is 16.3. The minimum absolute atomic E-state index is 0.0695. The summed E-state index contributed by atoms with van der Waals surface area (Å²) < 4.78 is 0. The maximum atomic E-state index is 11.1. The third-order valence-electron chi connectivity index (χ3n) is 10.2. The van der Waals surface area contributed by atoms with E-state index in [4.69, 9.17) is 0 Å². The van der Waals surface area contributed by atoms with Crippen LogP contribution < -0.4 is 0 Å². The van der Waals surface area contributed by atoms with Crippen molar-refractivity contribution in [2.75, 3.05) is 0 Å². The summed E-state index contributed by atoms with van der Waals surface area (Å²) in [5, 5.41) is 31.9. The smallest absolute Gasteiger partial charge is 0.0583 e. The van der Waals surface area contributed by atoms with Crippen molar-refractivity contribution in [3.63, 3.8) is 0 Å². The molecule has 3 heteroatoms. The quantitative estimate of drug-likeness (QED) is 0.529. The summed E-state index contributed by atoms with van der Waals surface area (Å²) in [4.78, 5) is 0. The summed E-state index contributed by atoms with van der Waals surface area (Å²) in [7, 11) is 0. The molecule has 3 nitrogen and oxygen atoms in total. The predicted molar refractivity (Wildman–Crippen MR) is 122 cm³/mol. The van der Waals surface area contributed by atoms with E-state index in [0.717, 1.165) is 44.9 Å². The van der Waals surface area contributed by atoms with E-state index >= 15 is 0 Å². The Morgan fingerprint density at radius 3 is 2.43 bits per heavy atom. The second-order valence-electron chi connectivity index (χ2n) is 12.5.